The Morgan fingerprint density at radius 2 is 2.00 bits per heavy atom. The average Bonchev–Trinajstić information content (AvgIpc) is 1.89. The molecule has 0 aliphatic carbocycles. The summed E-state index contributed by atoms with van der Waals surface area (Å²) in [6.07, 6.45) is 0. The van der Waals surface area contributed by atoms with E-state index in [9.17, 15) is 0 Å². The number of hydrogen-bond acceptors (Lipinski definition) is 2. The molecule has 48 valence electrons. The standard InChI is InChI=1S/C6H7O2P/c7-5-3-1-2-4-6(5)8-9/h1-4,7H,9H2. The molecule has 1 atom stereocenters. The van der Waals surface area contributed by atoms with E-state index in [1.807, 2.05) is 0 Å². The Kier molecular flexibility index (Phi) is 1.91. The molecular weight excluding hydrogens is 135 g/mol. The summed E-state index contributed by atoms with van der Waals surface area (Å²) in [6.45, 7) is 0. The first-order valence-electron chi connectivity index (χ1n) is 2.49. The lowest BCUT2D eigenvalue weighted by atomic mass is 10.3. The third-order valence-corrected chi connectivity index (χ3v) is 1.25. The monoisotopic (exact) mass is 142 g/mol. The zero-order chi connectivity index (χ0) is 6.69. The van der Waals surface area contributed by atoms with E-state index in [2.05, 4.69) is 9.47 Å². The number of benzene rings is 1. The highest BCUT2D eigenvalue weighted by Gasteiger charge is 1.94. The maximum atomic E-state index is 8.97. The van der Waals surface area contributed by atoms with Gasteiger partial charge < -0.3 is 9.63 Å². The zero-order valence-corrected chi connectivity index (χ0v) is 5.90. The SMILES string of the molecule is Oc1ccccc1OP. The summed E-state index contributed by atoms with van der Waals surface area (Å²) >= 11 is 0. The zero-order valence-electron chi connectivity index (χ0n) is 4.74. The third-order valence-electron chi connectivity index (χ3n) is 0.992. The van der Waals surface area contributed by atoms with E-state index in [1.54, 1.807) is 24.3 Å². The largest absolute Gasteiger partial charge is 0.504 e. The van der Waals surface area contributed by atoms with E-state index >= 15 is 0 Å². The van der Waals surface area contributed by atoms with Gasteiger partial charge in [-0.05, 0) is 12.1 Å². The first-order valence-corrected chi connectivity index (χ1v) is 2.96. The minimum Gasteiger partial charge on any atom is -0.504 e. The minimum atomic E-state index is 0.160. The molecule has 0 saturated heterocycles. The van der Waals surface area contributed by atoms with E-state index in [1.165, 1.54) is 0 Å². The van der Waals surface area contributed by atoms with Crippen LogP contribution in [0.15, 0.2) is 24.3 Å². The van der Waals surface area contributed by atoms with Gasteiger partial charge in [0.15, 0.2) is 11.5 Å². The Morgan fingerprint density at radius 1 is 1.33 bits per heavy atom. The van der Waals surface area contributed by atoms with Gasteiger partial charge in [-0.1, -0.05) is 12.1 Å². The van der Waals surface area contributed by atoms with E-state index in [0.29, 0.717) is 5.75 Å². The number of phenolic OH excluding ortho intramolecular Hbond substituents is 1. The summed E-state index contributed by atoms with van der Waals surface area (Å²) in [7, 11) is 2.07. The van der Waals surface area contributed by atoms with Gasteiger partial charge in [0.25, 0.3) is 0 Å². The molecule has 9 heavy (non-hydrogen) atoms. The van der Waals surface area contributed by atoms with Crippen molar-refractivity contribution in [2.75, 3.05) is 0 Å². The van der Waals surface area contributed by atoms with E-state index in [0.717, 1.165) is 0 Å². The van der Waals surface area contributed by atoms with Crippen LogP contribution in [0, 0.1) is 0 Å². The van der Waals surface area contributed by atoms with E-state index in [4.69, 9.17) is 9.63 Å². The lowest BCUT2D eigenvalue weighted by Gasteiger charge is -1.98. The Bertz CT molecular complexity index is 200. The first-order chi connectivity index (χ1) is 4.34. The lowest BCUT2D eigenvalue weighted by molar-refractivity contribution is 0.450. The fourth-order valence-electron chi connectivity index (χ4n) is 0.557. The Hall–Kier alpha value is -0.750. The highest BCUT2D eigenvalue weighted by molar-refractivity contribution is 7.10. The van der Waals surface area contributed by atoms with Crippen LogP contribution in [-0.2, 0) is 0 Å². The predicted molar refractivity (Wildman–Crippen MR) is 38.4 cm³/mol. The average molecular weight is 142 g/mol. The van der Waals surface area contributed by atoms with Crippen LogP contribution < -0.4 is 4.52 Å². The van der Waals surface area contributed by atoms with Gasteiger partial charge in [-0.2, -0.15) is 0 Å². The number of phenols is 1. The number of aromatic hydroxyl groups is 1. The summed E-state index contributed by atoms with van der Waals surface area (Å²) in [5, 5.41) is 8.97. The summed E-state index contributed by atoms with van der Waals surface area (Å²) in [5.74, 6) is 0.634. The van der Waals surface area contributed by atoms with Crippen molar-refractivity contribution in [1.82, 2.24) is 0 Å². The van der Waals surface area contributed by atoms with Crippen LogP contribution >= 0.6 is 9.47 Å². The predicted octanol–water partition coefficient (Wildman–Crippen LogP) is 1.56. The second-order valence-electron chi connectivity index (χ2n) is 1.59. The molecule has 1 unspecified atom stereocenters. The quantitative estimate of drug-likeness (QED) is 0.603. The molecule has 0 bridgehead atoms. The van der Waals surface area contributed by atoms with Gasteiger partial charge in [-0.25, -0.2) is 0 Å². The summed E-state index contributed by atoms with van der Waals surface area (Å²) in [4.78, 5) is 0. The molecule has 1 aromatic carbocycles. The molecule has 0 heterocycles. The Balaban J connectivity index is 3.01. The van der Waals surface area contributed by atoms with Crippen molar-refractivity contribution >= 4 is 9.47 Å². The Morgan fingerprint density at radius 3 is 2.44 bits per heavy atom. The van der Waals surface area contributed by atoms with Crippen LogP contribution in [0.3, 0.4) is 0 Å². The van der Waals surface area contributed by atoms with Gasteiger partial charge in [0, 0.05) is 0 Å². The van der Waals surface area contributed by atoms with Crippen LogP contribution in [-0.4, -0.2) is 5.11 Å². The second kappa shape index (κ2) is 2.70. The van der Waals surface area contributed by atoms with Crippen LogP contribution in [0.4, 0.5) is 0 Å². The van der Waals surface area contributed by atoms with Gasteiger partial charge in [0.05, 0.1) is 9.47 Å². The number of rotatable bonds is 1. The molecule has 3 heteroatoms. The van der Waals surface area contributed by atoms with Gasteiger partial charge in [-0.3, -0.25) is 0 Å². The molecule has 1 aromatic rings. The maximum absolute atomic E-state index is 8.97. The van der Waals surface area contributed by atoms with Crippen molar-refractivity contribution in [2.24, 2.45) is 0 Å². The summed E-state index contributed by atoms with van der Waals surface area (Å²) in [6, 6.07) is 6.78. The molecule has 0 saturated carbocycles. The highest BCUT2D eigenvalue weighted by Crippen LogP contribution is 2.25. The van der Waals surface area contributed by atoms with Gasteiger partial charge in [-0.15, -0.1) is 0 Å². The smallest absolute Gasteiger partial charge is 0.164 e. The lowest BCUT2D eigenvalue weighted by Crippen LogP contribution is -1.72. The highest BCUT2D eigenvalue weighted by atomic mass is 31.0. The second-order valence-corrected chi connectivity index (χ2v) is 1.82. The molecule has 0 aromatic heterocycles. The summed E-state index contributed by atoms with van der Waals surface area (Å²) in [5.41, 5.74) is 0. The number of para-hydroxylation sites is 2. The maximum Gasteiger partial charge on any atom is 0.164 e. The van der Waals surface area contributed by atoms with Crippen molar-refractivity contribution in [3.63, 3.8) is 0 Å². The molecule has 1 rings (SSSR count). The molecule has 2 nitrogen and oxygen atoms in total. The van der Waals surface area contributed by atoms with E-state index < -0.39 is 0 Å². The fourth-order valence-corrected chi connectivity index (χ4v) is 0.756. The van der Waals surface area contributed by atoms with Crippen LogP contribution in [0.5, 0.6) is 11.5 Å². The number of hydrogen-bond donors (Lipinski definition) is 1. The van der Waals surface area contributed by atoms with Crippen LogP contribution in [0.25, 0.3) is 0 Å². The van der Waals surface area contributed by atoms with Gasteiger partial charge in [0.1, 0.15) is 0 Å². The first kappa shape index (κ1) is 6.37. The molecule has 1 N–H and O–H groups in total. The van der Waals surface area contributed by atoms with Crippen molar-refractivity contribution in [3.8, 4) is 11.5 Å². The molecule has 0 aliphatic rings. The van der Waals surface area contributed by atoms with E-state index in [-0.39, 0.29) is 5.75 Å². The molecule has 0 fully saturated rings. The molecule has 0 radical (unpaired) electrons. The molecular formula is C6H7O2P. The normalized spacial score (nSPS) is 9.00. The van der Waals surface area contributed by atoms with Crippen LogP contribution in [0.1, 0.15) is 0 Å². The van der Waals surface area contributed by atoms with Crippen molar-refractivity contribution < 1.29 is 9.63 Å². The van der Waals surface area contributed by atoms with Crippen molar-refractivity contribution in [2.45, 2.75) is 0 Å². The van der Waals surface area contributed by atoms with Crippen molar-refractivity contribution in [3.05, 3.63) is 24.3 Å². The molecule has 0 aliphatic heterocycles. The third kappa shape index (κ3) is 1.33. The topological polar surface area (TPSA) is 29.5 Å². The minimum absolute atomic E-state index is 0.160. The van der Waals surface area contributed by atoms with Crippen molar-refractivity contribution in [1.29, 1.82) is 0 Å². The fraction of sp³-hybridized carbons (Fsp3) is 0. The molecule has 0 spiro atoms. The van der Waals surface area contributed by atoms with Crippen LogP contribution in [0.2, 0.25) is 0 Å². The van der Waals surface area contributed by atoms with Gasteiger partial charge >= 0.3 is 0 Å². The Labute approximate surface area is 55.8 Å². The molecule has 0 amide bonds. The van der Waals surface area contributed by atoms with Gasteiger partial charge in [0.2, 0.25) is 0 Å². The summed E-state index contributed by atoms with van der Waals surface area (Å²) < 4.78 is 4.71.